The quantitative estimate of drug-likeness (QED) is 0.691. The summed E-state index contributed by atoms with van der Waals surface area (Å²) >= 11 is 0. The van der Waals surface area contributed by atoms with Gasteiger partial charge in [0, 0.05) is 31.6 Å². The van der Waals surface area contributed by atoms with Crippen molar-refractivity contribution in [2.75, 3.05) is 20.1 Å². The van der Waals surface area contributed by atoms with Crippen LogP contribution in [0, 0.1) is 5.92 Å². The molecular weight excluding hydrogens is 380 g/mol. The lowest BCUT2D eigenvalue weighted by atomic mass is 9.96. The molecule has 1 amide bonds. The van der Waals surface area contributed by atoms with Crippen molar-refractivity contribution in [3.8, 4) is 0 Å². The van der Waals surface area contributed by atoms with Crippen molar-refractivity contribution in [3.05, 3.63) is 54.0 Å². The smallest absolute Gasteiger partial charge is 0.243 e. The van der Waals surface area contributed by atoms with Crippen LogP contribution in [0.3, 0.4) is 0 Å². The average Bonchev–Trinajstić information content (AvgIpc) is 3.20. The molecule has 0 spiro atoms. The summed E-state index contributed by atoms with van der Waals surface area (Å²) in [6, 6.07) is 9.67. The fourth-order valence-corrected chi connectivity index (χ4v) is 4.91. The molecule has 2 aromatic rings. The highest BCUT2D eigenvalue weighted by molar-refractivity contribution is 7.89. The Morgan fingerprint density at radius 1 is 1.18 bits per heavy atom. The first-order valence-corrected chi connectivity index (χ1v) is 10.6. The highest BCUT2D eigenvalue weighted by Crippen LogP contribution is 2.26. The van der Waals surface area contributed by atoms with Crippen LogP contribution in [0.1, 0.15) is 35.9 Å². The molecule has 0 aliphatic carbocycles. The first-order valence-electron chi connectivity index (χ1n) is 9.17. The molecule has 0 saturated carbocycles. The van der Waals surface area contributed by atoms with Gasteiger partial charge in [0.2, 0.25) is 15.9 Å². The molecule has 0 N–H and O–H groups in total. The predicted molar refractivity (Wildman–Crippen MR) is 103 cm³/mol. The first-order chi connectivity index (χ1) is 13.3. The van der Waals surface area contributed by atoms with E-state index in [0.717, 1.165) is 0 Å². The Hall–Kier alpha value is -2.45. The number of nitrogens with zero attached hydrogens (tertiary/aromatic N) is 2. The summed E-state index contributed by atoms with van der Waals surface area (Å²) in [5.41, 5.74) is 0.366. The summed E-state index contributed by atoms with van der Waals surface area (Å²) in [7, 11) is -1.96. The summed E-state index contributed by atoms with van der Waals surface area (Å²) in [6.07, 6.45) is 2.50. The largest absolute Gasteiger partial charge is 0.467 e. The second-order valence-electron chi connectivity index (χ2n) is 7.04. The van der Waals surface area contributed by atoms with Crippen LogP contribution in [0.15, 0.2) is 52.0 Å². The van der Waals surface area contributed by atoms with Gasteiger partial charge in [-0.15, -0.1) is 0 Å². The fourth-order valence-electron chi connectivity index (χ4n) is 3.39. The lowest BCUT2D eigenvalue weighted by molar-refractivity contribution is -0.136. The van der Waals surface area contributed by atoms with E-state index >= 15 is 0 Å². The molecule has 2 heterocycles. The van der Waals surface area contributed by atoms with Gasteiger partial charge in [0.1, 0.15) is 5.76 Å². The molecule has 0 radical (unpaired) electrons. The van der Waals surface area contributed by atoms with Gasteiger partial charge in [-0.3, -0.25) is 9.59 Å². The number of hydrogen-bond acceptors (Lipinski definition) is 5. The van der Waals surface area contributed by atoms with Gasteiger partial charge >= 0.3 is 0 Å². The first kappa shape index (κ1) is 20.3. The zero-order chi connectivity index (χ0) is 20.3. The van der Waals surface area contributed by atoms with E-state index in [2.05, 4.69) is 0 Å². The SMILES string of the molecule is CC(=O)c1cccc(S(=O)(=O)N2CCC(C(=O)N(C)Cc3ccco3)CC2)c1. The fraction of sp³-hybridized carbons (Fsp3) is 0.400. The van der Waals surface area contributed by atoms with Gasteiger partial charge in [-0.25, -0.2) is 8.42 Å². The van der Waals surface area contributed by atoms with Crippen molar-refractivity contribution in [3.63, 3.8) is 0 Å². The molecule has 0 unspecified atom stereocenters. The Morgan fingerprint density at radius 3 is 2.50 bits per heavy atom. The minimum Gasteiger partial charge on any atom is -0.467 e. The van der Waals surface area contributed by atoms with Gasteiger partial charge in [0.15, 0.2) is 5.78 Å². The normalized spacial score (nSPS) is 16.1. The van der Waals surface area contributed by atoms with E-state index in [1.165, 1.54) is 23.4 Å². The van der Waals surface area contributed by atoms with Crippen LogP contribution in [0.2, 0.25) is 0 Å². The van der Waals surface area contributed by atoms with Crippen molar-refractivity contribution in [1.82, 2.24) is 9.21 Å². The Bertz CT molecular complexity index is 945. The van der Waals surface area contributed by atoms with Crippen LogP contribution in [0.4, 0.5) is 0 Å². The molecular formula is C20H24N2O5S. The maximum Gasteiger partial charge on any atom is 0.243 e. The average molecular weight is 404 g/mol. The number of Topliss-reactive ketones (excluding diaryl/α,β-unsaturated/α-hetero) is 1. The molecule has 0 atom stereocenters. The number of carbonyl (C=O) groups excluding carboxylic acids is 2. The van der Waals surface area contributed by atoms with Crippen LogP contribution in [0.25, 0.3) is 0 Å². The Balaban J connectivity index is 1.63. The number of sulfonamides is 1. The topological polar surface area (TPSA) is 87.9 Å². The summed E-state index contributed by atoms with van der Waals surface area (Å²) in [5, 5.41) is 0. The number of piperidine rings is 1. The number of ketones is 1. The molecule has 150 valence electrons. The van der Waals surface area contributed by atoms with E-state index in [4.69, 9.17) is 4.42 Å². The van der Waals surface area contributed by atoms with Crippen LogP contribution in [0.5, 0.6) is 0 Å². The molecule has 8 heteroatoms. The second-order valence-corrected chi connectivity index (χ2v) is 8.97. The van der Waals surface area contributed by atoms with Gasteiger partial charge in [-0.05, 0) is 44.0 Å². The number of hydrogen-bond donors (Lipinski definition) is 0. The Kier molecular flexibility index (Phi) is 6.00. The van der Waals surface area contributed by atoms with Gasteiger partial charge in [0.25, 0.3) is 0 Å². The molecule has 1 aliphatic rings. The number of amides is 1. The van der Waals surface area contributed by atoms with E-state index in [-0.39, 0.29) is 35.6 Å². The number of rotatable bonds is 6. The standard InChI is InChI=1S/C20H24N2O5S/c1-15(23)17-5-3-7-19(13-17)28(25,26)22-10-8-16(9-11-22)20(24)21(2)14-18-6-4-12-27-18/h3-7,12-13,16H,8-11,14H2,1-2H3. The third-order valence-electron chi connectivity index (χ3n) is 5.03. The number of carbonyl (C=O) groups is 2. The lowest BCUT2D eigenvalue weighted by Gasteiger charge is -2.32. The Labute approximate surface area is 165 Å². The van der Waals surface area contributed by atoms with Crippen LogP contribution in [-0.4, -0.2) is 49.5 Å². The highest BCUT2D eigenvalue weighted by Gasteiger charge is 2.33. The van der Waals surface area contributed by atoms with E-state index in [1.807, 2.05) is 6.07 Å². The molecule has 28 heavy (non-hydrogen) atoms. The zero-order valence-electron chi connectivity index (χ0n) is 16.0. The number of benzene rings is 1. The molecule has 1 aromatic heterocycles. The van der Waals surface area contributed by atoms with Crippen LogP contribution in [-0.2, 0) is 21.4 Å². The molecule has 1 fully saturated rings. The van der Waals surface area contributed by atoms with E-state index < -0.39 is 10.0 Å². The van der Waals surface area contributed by atoms with Crippen LogP contribution < -0.4 is 0 Å². The van der Waals surface area contributed by atoms with Gasteiger partial charge < -0.3 is 9.32 Å². The van der Waals surface area contributed by atoms with E-state index in [1.54, 1.807) is 36.4 Å². The van der Waals surface area contributed by atoms with Crippen molar-refractivity contribution < 1.29 is 22.4 Å². The minimum atomic E-state index is -3.69. The predicted octanol–water partition coefficient (Wildman–Crippen LogP) is 2.54. The molecule has 3 rings (SSSR count). The Morgan fingerprint density at radius 2 is 1.89 bits per heavy atom. The van der Waals surface area contributed by atoms with Gasteiger partial charge in [-0.2, -0.15) is 4.31 Å². The summed E-state index contributed by atoms with van der Waals surface area (Å²) < 4.78 is 32.4. The third-order valence-corrected chi connectivity index (χ3v) is 6.93. The second kappa shape index (κ2) is 8.28. The van der Waals surface area contributed by atoms with Crippen molar-refractivity contribution >= 4 is 21.7 Å². The zero-order valence-corrected chi connectivity index (χ0v) is 16.8. The molecule has 7 nitrogen and oxygen atoms in total. The van der Waals surface area contributed by atoms with Gasteiger partial charge in [0.05, 0.1) is 17.7 Å². The monoisotopic (exact) mass is 404 g/mol. The third kappa shape index (κ3) is 4.34. The molecule has 1 aromatic carbocycles. The summed E-state index contributed by atoms with van der Waals surface area (Å²) in [5.74, 6) is 0.309. The maximum absolute atomic E-state index is 12.9. The van der Waals surface area contributed by atoms with Crippen molar-refractivity contribution in [2.45, 2.75) is 31.2 Å². The molecule has 1 aliphatic heterocycles. The minimum absolute atomic E-state index is 0.00738. The summed E-state index contributed by atoms with van der Waals surface area (Å²) in [6.45, 7) is 2.35. The highest BCUT2D eigenvalue weighted by atomic mass is 32.2. The molecule has 1 saturated heterocycles. The van der Waals surface area contributed by atoms with Crippen LogP contribution >= 0.6 is 0 Å². The van der Waals surface area contributed by atoms with Crippen molar-refractivity contribution in [1.29, 1.82) is 0 Å². The molecule has 0 bridgehead atoms. The van der Waals surface area contributed by atoms with E-state index in [9.17, 15) is 18.0 Å². The summed E-state index contributed by atoms with van der Waals surface area (Å²) in [4.78, 5) is 25.9. The lowest BCUT2D eigenvalue weighted by Crippen LogP contribution is -2.43. The number of furan rings is 1. The maximum atomic E-state index is 12.9. The van der Waals surface area contributed by atoms with Gasteiger partial charge in [-0.1, -0.05) is 12.1 Å². The van der Waals surface area contributed by atoms with E-state index in [0.29, 0.717) is 30.7 Å². The van der Waals surface area contributed by atoms with Crippen molar-refractivity contribution in [2.24, 2.45) is 5.92 Å².